The molecule has 0 spiro atoms. The molecule has 2 aromatic heterocycles. The van der Waals surface area contributed by atoms with Gasteiger partial charge in [-0.15, -0.1) is 0 Å². The lowest BCUT2D eigenvalue weighted by Crippen LogP contribution is -2.38. The fraction of sp³-hybridized carbons (Fsp3) is 0.444. The normalized spacial score (nSPS) is 26.1. The SMILES string of the molecule is C[C@@]1(F)CN(Nc2c(C(N)=O)cnn3cc(Br)cc23)C[C@@H]1C(=O)C1(C#N)CC1. The average Bonchev–Trinajstić information content (AvgIpc) is 3.24. The van der Waals surface area contributed by atoms with Gasteiger partial charge in [0, 0.05) is 17.2 Å². The zero-order valence-electron chi connectivity index (χ0n) is 15.1. The van der Waals surface area contributed by atoms with E-state index in [-0.39, 0.29) is 24.4 Å². The number of fused-ring (bicyclic) bond motifs is 1. The molecule has 1 saturated heterocycles. The van der Waals surface area contributed by atoms with Gasteiger partial charge < -0.3 is 11.2 Å². The molecule has 1 aliphatic carbocycles. The van der Waals surface area contributed by atoms with Crippen molar-refractivity contribution >= 4 is 38.8 Å². The van der Waals surface area contributed by atoms with Crippen LogP contribution in [0.25, 0.3) is 5.52 Å². The number of hydrogen-bond acceptors (Lipinski definition) is 6. The molecule has 1 amide bonds. The van der Waals surface area contributed by atoms with Crippen molar-refractivity contribution in [2.75, 3.05) is 18.5 Å². The van der Waals surface area contributed by atoms with Gasteiger partial charge >= 0.3 is 0 Å². The third-order valence-electron chi connectivity index (χ3n) is 5.52. The largest absolute Gasteiger partial charge is 0.365 e. The van der Waals surface area contributed by atoms with Crippen LogP contribution in [0.4, 0.5) is 10.1 Å². The summed E-state index contributed by atoms with van der Waals surface area (Å²) in [5.41, 5.74) is 6.82. The number of alkyl halides is 1. The number of anilines is 1. The Balaban J connectivity index is 1.65. The Morgan fingerprint density at radius 1 is 1.50 bits per heavy atom. The molecule has 0 unspecified atom stereocenters. The molecule has 146 valence electrons. The fourth-order valence-electron chi connectivity index (χ4n) is 3.76. The lowest BCUT2D eigenvalue weighted by atomic mass is 9.83. The second-order valence-corrected chi connectivity index (χ2v) is 8.58. The number of rotatable bonds is 5. The van der Waals surface area contributed by atoms with Gasteiger partial charge in [0.05, 0.1) is 41.5 Å². The zero-order valence-corrected chi connectivity index (χ0v) is 16.7. The van der Waals surface area contributed by atoms with Crippen molar-refractivity contribution in [3.8, 4) is 6.07 Å². The van der Waals surface area contributed by atoms with Crippen molar-refractivity contribution in [3.63, 3.8) is 0 Å². The summed E-state index contributed by atoms with van der Waals surface area (Å²) in [6.45, 7) is 1.39. The van der Waals surface area contributed by atoms with Crippen molar-refractivity contribution in [2.45, 2.75) is 25.4 Å². The van der Waals surface area contributed by atoms with E-state index >= 15 is 4.39 Å². The second-order valence-electron chi connectivity index (χ2n) is 7.67. The van der Waals surface area contributed by atoms with Crippen LogP contribution in [0.5, 0.6) is 0 Å². The molecule has 1 saturated carbocycles. The molecule has 2 aliphatic rings. The minimum Gasteiger partial charge on any atom is -0.365 e. The summed E-state index contributed by atoms with van der Waals surface area (Å²) in [7, 11) is 0. The van der Waals surface area contributed by atoms with Gasteiger partial charge in [0.15, 0.2) is 5.78 Å². The van der Waals surface area contributed by atoms with Gasteiger partial charge in [-0.2, -0.15) is 10.4 Å². The standard InChI is InChI=1S/C18H18BrFN6O2/c1-17(20)9-25(7-12(17)15(27)18(8-21)2-3-18)24-14-11(16(22)28)5-23-26-6-10(19)4-13(14)26/h4-6,12,24H,2-3,7,9H2,1H3,(H2,22,28)/t12-,17-/m1/s1. The highest BCUT2D eigenvalue weighted by atomic mass is 79.9. The van der Waals surface area contributed by atoms with Gasteiger partial charge in [-0.3, -0.25) is 9.59 Å². The van der Waals surface area contributed by atoms with E-state index in [1.807, 2.05) is 6.07 Å². The Morgan fingerprint density at radius 3 is 2.82 bits per heavy atom. The molecule has 0 bridgehead atoms. The maximum Gasteiger partial charge on any atom is 0.252 e. The molecule has 2 atom stereocenters. The number of hydrogen-bond donors (Lipinski definition) is 2. The number of aromatic nitrogens is 2. The molecule has 0 aromatic carbocycles. The number of Topliss-reactive ketones (excluding diaryl/α,β-unsaturated/α-hetero) is 1. The molecule has 0 radical (unpaired) electrons. The van der Waals surface area contributed by atoms with Crippen molar-refractivity contribution in [1.29, 1.82) is 5.26 Å². The third-order valence-corrected chi connectivity index (χ3v) is 5.95. The molecular weight excluding hydrogens is 431 g/mol. The quantitative estimate of drug-likeness (QED) is 0.722. The van der Waals surface area contributed by atoms with E-state index in [1.165, 1.54) is 13.1 Å². The first-order chi connectivity index (χ1) is 13.2. The minimum atomic E-state index is -1.80. The zero-order chi connectivity index (χ0) is 20.3. The summed E-state index contributed by atoms with van der Waals surface area (Å²) in [6, 6.07) is 3.80. The number of carbonyl (C=O) groups excluding carboxylic acids is 2. The predicted octanol–water partition coefficient (Wildman–Crippen LogP) is 2.06. The molecule has 28 heavy (non-hydrogen) atoms. The number of ketones is 1. The summed E-state index contributed by atoms with van der Waals surface area (Å²) >= 11 is 3.36. The molecule has 3 N–H and O–H groups in total. The van der Waals surface area contributed by atoms with E-state index in [0.29, 0.717) is 24.0 Å². The fourth-order valence-corrected chi connectivity index (χ4v) is 4.17. The Hall–Kier alpha value is -2.51. The van der Waals surface area contributed by atoms with Gasteiger partial charge in [-0.1, -0.05) is 0 Å². The first kappa shape index (κ1) is 18.8. The second kappa shape index (κ2) is 6.25. The lowest BCUT2D eigenvalue weighted by molar-refractivity contribution is -0.129. The van der Waals surface area contributed by atoms with Crippen LogP contribution in [-0.4, -0.2) is 45.1 Å². The molecule has 2 fully saturated rings. The van der Waals surface area contributed by atoms with Crippen molar-refractivity contribution < 1.29 is 14.0 Å². The van der Waals surface area contributed by atoms with E-state index < -0.39 is 22.9 Å². The topological polar surface area (TPSA) is 117 Å². The monoisotopic (exact) mass is 448 g/mol. The van der Waals surface area contributed by atoms with Crippen LogP contribution in [0.1, 0.15) is 30.1 Å². The van der Waals surface area contributed by atoms with Gasteiger partial charge in [0.1, 0.15) is 11.1 Å². The number of nitrogens with zero attached hydrogens (tertiary/aromatic N) is 4. The van der Waals surface area contributed by atoms with Crippen LogP contribution in [-0.2, 0) is 4.79 Å². The Morgan fingerprint density at radius 2 is 2.21 bits per heavy atom. The summed E-state index contributed by atoms with van der Waals surface area (Å²) in [4.78, 5) is 24.6. The van der Waals surface area contributed by atoms with Gasteiger partial charge in [0.25, 0.3) is 5.91 Å². The Kier molecular flexibility index (Phi) is 4.21. The summed E-state index contributed by atoms with van der Waals surface area (Å²) in [5, 5.41) is 15.0. The van der Waals surface area contributed by atoms with E-state index in [1.54, 1.807) is 21.8 Å². The first-order valence-corrected chi connectivity index (χ1v) is 9.59. The first-order valence-electron chi connectivity index (χ1n) is 8.80. The van der Waals surface area contributed by atoms with Gasteiger partial charge in [0.2, 0.25) is 0 Å². The molecule has 8 nitrogen and oxygen atoms in total. The Labute approximate surface area is 168 Å². The highest BCUT2D eigenvalue weighted by Crippen LogP contribution is 2.50. The number of halogens is 2. The minimum absolute atomic E-state index is 0.0700. The number of hydrazine groups is 1. The molecule has 1 aliphatic heterocycles. The highest BCUT2D eigenvalue weighted by Gasteiger charge is 2.59. The molecule has 2 aromatic rings. The van der Waals surface area contributed by atoms with Crippen LogP contribution in [0, 0.1) is 22.7 Å². The molecule has 3 heterocycles. The van der Waals surface area contributed by atoms with E-state index in [2.05, 4.69) is 26.5 Å². The smallest absolute Gasteiger partial charge is 0.252 e. The van der Waals surface area contributed by atoms with Crippen LogP contribution in [0.3, 0.4) is 0 Å². The van der Waals surface area contributed by atoms with Crippen LogP contribution < -0.4 is 11.2 Å². The van der Waals surface area contributed by atoms with E-state index in [9.17, 15) is 14.9 Å². The van der Waals surface area contributed by atoms with Gasteiger partial charge in [-0.05, 0) is 41.8 Å². The van der Waals surface area contributed by atoms with Crippen LogP contribution in [0.2, 0.25) is 0 Å². The molecule has 4 rings (SSSR count). The number of amides is 1. The number of nitrogens with one attached hydrogen (secondary N) is 1. The molecular formula is C18H18BrFN6O2. The highest BCUT2D eigenvalue weighted by molar-refractivity contribution is 9.10. The van der Waals surface area contributed by atoms with E-state index in [0.717, 1.165) is 4.47 Å². The predicted molar refractivity (Wildman–Crippen MR) is 102 cm³/mol. The Bertz CT molecular complexity index is 1040. The number of nitrogens with two attached hydrogens (primary N) is 1. The number of carbonyl (C=O) groups is 2. The molecule has 10 heteroatoms. The maximum atomic E-state index is 15.2. The summed E-state index contributed by atoms with van der Waals surface area (Å²) in [6.07, 6.45) is 4.02. The van der Waals surface area contributed by atoms with Crippen molar-refractivity contribution in [2.24, 2.45) is 17.1 Å². The van der Waals surface area contributed by atoms with Gasteiger partial charge in [-0.25, -0.2) is 13.9 Å². The average molecular weight is 449 g/mol. The number of nitriles is 1. The van der Waals surface area contributed by atoms with E-state index in [4.69, 9.17) is 5.73 Å². The number of primary amides is 1. The van der Waals surface area contributed by atoms with Crippen LogP contribution in [0.15, 0.2) is 22.9 Å². The maximum absolute atomic E-state index is 15.2. The summed E-state index contributed by atoms with van der Waals surface area (Å²) < 4.78 is 17.5. The lowest BCUT2D eigenvalue weighted by Gasteiger charge is -2.22. The van der Waals surface area contributed by atoms with Crippen LogP contribution >= 0.6 is 15.9 Å². The van der Waals surface area contributed by atoms with Crippen molar-refractivity contribution in [1.82, 2.24) is 14.6 Å². The van der Waals surface area contributed by atoms with Crippen molar-refractivity contribution in [3.05, 3.63) is 28.5 Å². The summed E-state index contributed by atoms with van der Waals surface area (Å²) in [5.74, 6) is -1.94. The third kappa shape index (κ3) is 2.95.